The molecule has 0 unspecified atom stereocenters. The van der Waals surface area contributed by atoms with Crippen molar-refractivity contribution >= 4 is 5.82 Å². The normalized spacial score (nSPS) is 20.4. The largest absolute Gasteiger partial charge is 0.487 e. The van der Waals surface area contributed by atoms with Crippen LogP contribution in [-0.2, 0) is 17.8 Å². The summed E-state index contributed by atoms with van der Waals surface area (Å²) in [6.07, 6.45) is 2.36. The van der Waals surface area contributed by atoms with Crippen molar-refractivity contribution in [2.75, 3.05) is 37.8 Å². The van der Waals surface area contributed by atoms with Crippen molar-refractivity contribution in [1.82, 2.24) is 9.97 Å². The van der Waals surface area contributed by atoms with E-state index in [9.17, 15) is 5.11 Å². The zero-order valence-corrected chi connectivity index (χ0v) is 13.5. The molecule has 0 radical (unpaired) electrons. The van der Waals surface area contributed by atoms with Crippen LogP contribution in [0.15, 0.2) is 30.6 Å². The summed E-state index contributed by atoms with van der Waals surface area (Å²) in [6, 6.07) is 8.09. The van der Waals surface area contributed by atoms with Gasteiger partial charge in [0.2, 0.25) is 0 Å². The minimum absolute atomic E-state index is 0.104. The first-order valence-corrected chi connectivity index (χ1v) is 8.32. The maximum absolute atomic E-state index is 9.53. The Balaban J connectivity index is 1.71. The first-order valence-electron chi connectivity index (χ1n) is 8.32. The quantitative estimate of drug-likeness (QED) is 0.899. The van der Waals surface area contributed by atoms with Crippen molar-refractivity contribution in [2.24, 2.45) is 5.92 Å². The highest BCUT2D eigenvalue weighted by molar-refractivity contribution is 5.53. The van der Waals surface area contributed by atoms with Crippen LogP contribution in [0.5, 0.6) is 5.75 Å². The lowest BCUT2D eigenvalue weighted by Gasteiger charge is -2.26. The number of rotatable bonds is 2. The maximum atomic E-state index is 9.53. The highest BCUT2D eigenvalue weighted by Gasteiger charge is 2.25. The van der Waals surface area contributed by atoms with Crippen molar-refractivity contribution in [1.29, 1.82) is 0 Å². The molecule has 0 saturated carbocycles. The van der Waals surface area contributed by atoms with Crippen molar-refractivity contribution in [3.8, 4) is 5.75 Å². The molecule has 0 amide bonds. The number of para-hydroxylation sites is 1. The Morgan fingerprint density at radius 2 is 2.17 bits per heavy atom. The van der Waals surface area contributed by atoms with Gasteiger partial charge in [0.15, 0.2) is 0 Å². The van der Waals surface area contributed by atoms with E-state index in [0.717, 1.165) is 47.9 Å². The molecule has 1 N–H and O–H groups in total. The summed E-state index contributed by atoms with van der Waals surface area (Å²) < 4.78 is 11.5. The molecule has 1 fully saturated rings. The summed E-state index contributed by atoms with van der Waals surface area (Å²) in [7, 11) is 0. The third-order valence-electron chi connectivity index (χ3n) is 4.61. The SMILES string of the molecule is OC[C@@H]1COCCN(c2ncnc3c2Cc2ccccc2OC3)C1. The Kier molecular flexibility index (Phi) is 4.32. The molecule has 2 aromatic rings. The highest BCUT2D eigenvalue weighted by Crippen LogP contribution is 2.32. The average Bonchev–Trinajstić information content (AvgIpc) is 2.97. The van der Waals surface area contributed by atoms with Gasteiger partial charge in [-0.1, -0.05) is 18.2 Å². The van der Waals surface area contributed by atoms with E-state index in [-0.39, 0.29) is 12.5 Å². The second-order valence-corrected chi connectivity index (χ2v) is 6.27. The Morgan fingerprint density at radius 1 is 1.25 bits per heavy atom. The van der Waals surface area contributed by atoms with Gasteiger partial charge in [0.1, 0.15) is 24.5 Å². The van der Waals surface area contributed by atoms with Gasteiger partial charge in [-0.3, -0.25) is 0 Å². The number of aliphatic hydroxyl groups excluding tert-OH is 1. The molecule has 1 aromatic heterocycles. The summed E-state index contributed by atoms with van der Waals surface area (Å²) in [5, 5.41) is 9.53. The number of fused-ring (bicyclic) bond motifs is 2. The molecular weight excluding hydrogens is 306 g/mol. The molecule has 126 valence electrons. The van der Waals surface area contributed by atoms with Crippen LogP contribution in [0.2, 0.25) is 0 Å². The third-order valence-corrected chi connectivity index (χ3v) is 4.61. The predicted octanol–water partition coefficient (Wildman–Crippen LogP) is 1.40. The van der Waals surface area contributed by atoms with Gasteiger partial charge in [-0.2, -0.15) is 0 Å². The summed E-state index contributed by atoms with van der Waals surface area (Å²) in [4.78, 5) is 11.2. The van der Waals surface area contributed by atoms with Crippen LogP contribution in [0.3, 0.4) is 0 Å². The van der Waals surface area contributed by atoms with Crippen LogP contribution in [0.4, 0.5) is 5.82 Å². The zero-order chi connectivity index (χ0) is 16.4. The molecule has 0 spiro atoms. The number of nitrogens with zero attached hydrogens (tertiary/aromatic N) is 3. The highest BCUT2D eigenvalue weighted by atomic mass is 16.5. The molecule has 6 nitrogen and oxygen atoms in total. The van der Waals surface area contributed by atoms with E-state index in [2.05, 4.69) is 20.9 Å². The number of hydrogen-bond donors (Lipinski definition) is 1. The maximum Gasteiger partial charge on any atom is 0.136 e. The van der Waals surface area contributed by atoms with Crippen molar-refractivity contribution in [3.63, 3.8) is 0 Å². The minimum Gasteiger partial charge on any atom is -0.487 e. The van der Waals surface area contributed by atoms with Crippen LogP contribution in [-0.4, -0.2) is 48.0 Å². The first-order chi connectivity index (χ1) is 11.8. The Hall–Kier alpha value is -2.18. The summed E-state index contributed by atoms with van der Waals surface area (Å²) in [6.45, 7) is 3.31. The van der Waals surface area contributed by atoms with Gasteiger partial charge in [0.05, 0.1) is 18.9 Å². The minimum atomic E-state index is 0.104. The topological polar surface area (TPSA) is 67.7 Å². The molecule has 0 aliphatic carbocycles. The Bertz CT molecular complexity index is 722. The average molecular weight is 327 g/mol. The van der Waals surface area contributed by atoms with Gasteiger partial charge in [0.25, 0.3) is 0 Å². The van der Waals surface area contributed by atoms with Crippen LogP contribution >= 0.6 is 0 Å². The molecule has 1 atom stereocenters. The Morgan fingerprint density at radius 3 is 3.08 bits per heavy atom. The molecule has 6 heteroatoms. The lowest BCUT2D eigenvalue weighted by Crippen LogP contribution is -2.33. The molecule has 3 heterocycles. The number of aliphatic hydroxyl groups is 1. The van der Waals surface area contributed by atoms with Gasteiger partial charge in [-0.25, -0.2) is 9.97 Å². The van der Waals surface area contributed by atoms with E-state index >= 15 is 0 Å². The lowest BCUT2D eigenvalue weighted by atomic mass is 10.0. The fraction of sp³-hybridized carbons (Fsp3) is 0.444. The van der Waals surface area contributed by atoms with E-state index in [1.54, 1.807) is 6.33 Å². The number of benzene rings is 1. The van der Waals surface area contributed by atoms with Crippen LogP contribution < -0.4 is 9.64 Å². The smallest absolute Gasteiger partial charge is 0.136 e. The zero-order valence-electron chi connectivity index (χ0n) is 13.5. The van der Waals surface area contributed by atoms with Gasteiger partial charge >= 0.3 is 0 Å². The van der Waals surface area contributed by atoms with Gasteiger partial charge in [0, 0.05) is 37.6 Å². The van der Waals surface area contributed by atoms with Gasteiger partial charge < -0.3 is 19.5 Å². The van der Waals surface area contributed by atoms with E-state index in [0.29, 0.717) is 19.8 Å². The third kappa shape index (κ3) is 2.95. The van der Waals surface area contributed by atoms with Crippen molar-refractivity contribution in [2.45, 2.75) is 13.0 Å². The number of anilines is 1. The van der Waals surface area contributed by atoms with Crippen LogP contribution in [0.1, 0.15) is 16.8 Å². The fourth-order valence-electron chi connectivity index (χ4n) is 3.33. The van der Waals surface area contributed by atoms with Crippen LogP contribution in [0.25, 0.3) is 0 Å². The number of aromatic nitrogens is 2. The first kappa shape index (κ1) is 15.4. The molecule has 24 heavy (non-hydrogen) atoms. The molecule has 4 rings (SSSR count). The van der Waals surface area contributed by atoms with Crippen LogP contribution in [0, 0.1) is 5.92 Å². The lowest BCUT2D eigenvalue weighted by molar-refractivity contribution is 0.0959. The van der Waals surface area contributed by atoms with E-state index in [1.165, 1.54) is 0 Å². The standard InChI is InChI=1S/C18H21N3O3/c22-9-13-8-21(5-6-23-10-13)18-15-7-14-3-1-2-4-17(14)24-11-16(15)19-12-20-18/h1-4,12-13,22H,5-11H2/t13-/m1/s1. The Labute approximate surface area is 141 Å². The van der Waals surface area contributed by atoms with Crippen molar-refractivity contribution in [3.05, 3.63) is 47.4 Å². The second-order valence-electron chi connectivity index (χ2n) is 6.27. The van der Waals surface area contributed by atoms with Gasteiger partial charge in [-0.15, -0.1) is 0 Å². The second kappa shape index (κ2) is 6.75. The molecular formula is C18H21N3O3. The summed E-state index contributed by atoms with van der Waals surface area (Å²) in [5.41, 5.74) is 3.19. The molecule has 0 bridgehead atoms. The summed E-state index contributed by atoms with van der Waals surface area (Å²) in [5.74, 6) is 1.95. The van der Waals surface area contributed by atoms with E-state index in [4.69, 9.17) is 9.47 Å². The summed E-state index contributed by atoms with van der Waals surface area (Å²) >= 11 is 0. The monoisotopic (exact) mass is 327 g/mol. The fourth-order valence-corrected chi connectivity index (χ4v) is 3.33. The molecule has 1 aromatic carbocycles. The predicted molar refractivity (Wildman–Crippen MR) is 89.2 cm³/mol. The number of hydrogen-bond acceptors (Lipinski definition) is 6. The van der Waals surface area contributed by atoms with E-state index in [1.807, 2.05) is 18.2 Å². The molecule has 1 saturated heterocycles. The van der Waals surface area contributed by atoms with Crippen molar-refractivity contribution < 1.29 is 14.6 Å². The van der Waals surface area contributed by atoms with E-state index < -0.39 is 0 Å². The number of ether oxygens (including phenoxy) is 2. The molecule has 2 aliphatic heterocycles. The van der Waals surface area contributed by atoms with Gasteiger partial charge in [-0.05, 0) is 11.6 Å². The molecule has 2 aliphatic rings.